The number of allylic oxidation sites excluding steroid dienone is 3. The lowest BCUT2D eigenvalue weighted by Crippen LogP contribution is -2.24. The van der Waals surface area contributed by atoms with E-state index in [1.54, 1.807) is 0 Å². The van der Waals surface area contributed by atoms with Crippen LogP contribution < -0.4 is 0 Å². The molecule has 1 aliphatic heterocycles. The maximum atomic E-state index is 2.34. The molecule has 66 valence electrons. The van der Waals surface area contributed by atoms with E-state index in [1.165, 1.54) is 18.5 Å². The van der Waals surface area contributed by atoms with Gasteiger partial charge in [0.15, 0.2) is 0 Å². The first-order valence-electron chi connectivity index (χ1n) is 4.50. The number of hydrogen-bond donors (Lipinski definition) is 0. The molecule has 0 aromatic carbocycles. The van der Waals surface area contributed by atoms with E-state index in [4.69, 9.17) is 0 Å². The van der Waals surface area contributed by atoms with Crippen LogP contribution in [0.4, 0.5) is 0 Å². The Morgan fingerprint density at radius 2 is 2.25 bits per heavy atom. The molecule has 0 spiro atoms. The molecule has 0 atom stereocenters. The van der Waals surface area contributed by atoms with Crippen molar-refractivity contribution in [1.82, 2.24) is 4.90 Å². The van der Waals surface area contributed by atoms with Gasteiger partial charge in [0.05, 0.1) is 0 Å². The molecule has 1 rings (SSSR count). The Morgan fingerprint density at radius 1 is 1.42 bits per heavy atom. The second-order valence-corrected chi connectivity index (χ2v) is 3.19. The molecule has 0 aromatic heterocycles. The van der Waals surface area contributed by atoms with E-state index in [9.17, 15) is 0 Å². The van der Waals surface area contributed by atoms with Crippen LogP contribution in [0.2, 0.25) is 0 Å². The number of nitrogens with zero attached hydrogens (tertiary/aromatic N) is 1. The Kier molecular flexibility index (Phi) is 3.81. The summed E-state index contributed by atoms with van der Waals surface area (Å²) < 4.78 is 0. The highest BCUT2D eigenvalue weighted by atomic mass is 15.1. The first kappa shape index (κ1) is 9.27. The van der Waals surface area contributed by atoms with Crippen molar-refractivity contribution in [3.05, 3.63) is 36.0 Å². The number of rotatable bonds is 2. The van der Waals surface area contributed by atoms with Gasteiger partial charge in [-0.05, 0) is 26.0 Å². The smallest absolute Gasteiger partial charge is 0.0227 e. The van der Waals surface area contributed by atoms with Crippen LogP contribution in [0.25, 0.3) is 0 Å². The second kappa shape index (κ2) is 4.94. The Balaban J connectivity index is 2.46. The molecule has 1 heteroatoms. The lowest BCUT2D eigenvalue weighted by molar-refractivity contribution is 0.358. The highest BCUT2D eigenvalue weighted by Gasteiger charge is 2.04. The van der Waals surface area contributed by atoms with E-state index in [2.05, 4.69) is 36.3 Å². The topological polar surface area (TPSA) is 3.24 Å². The quantitative estimate of drug-likeness (QED) is 0.565. The molecule has 0 saturated heterocycles. The minimum atomic E-state index is 1.09. The van der Waals surface area contributed by atoms with Gasteiger partial charge in [0.25, 0.3) is 0 Å². The minimum Gasteiger partial charge on any atom is -0.302 e. The summed E-state index contributed by atoms with van der Waals surface area (Å²) in [5, 5.41) is 0. The molecule has 1 nitrogen and oxygen atoms in total. The summed E-state index contributed by atoms with van der Waals surface area (Å²) in [5.74, 6) is 0. The molecule has 0 aliphatic carbocycles. The van der Waals surface area contributed by atoms with Crippen molar-refractivity contribution in [2.24, 2.45) is 0 Å². The van der Waals surface area contributed by atoms with Gasteiger partial charge in [-0.3, -0.25) is 0 Å². The van der Waals surface area contributed by atoms with E-state index < -0.39 is 0 Å². The van der Waals surface area contributed by atoms with Gasteiger partial charge in [-0.1, -0.05) is 30.4 Å². The van der Waals surface area contributed by atoms with Crippen molar-refractivity contribution in [3.8, 4) is 0 Å². The maximum Gasteiger partial charge on any atom is 0.0227 e. The molecular formula is C11H17N. The largest absolute Gasteiger partial charge is 0.302 e. The molecule has 0 N–H and O–H groups in total. The van der Waals surface area contributed by atoms with Crippen molar-refractivity contribution in [1.29, 1.82) is 0 Å². The summed E-state index contributed by atoms with van der Waals surface area (Å²) in [7, 11) is 2.16. The van der Waals surface area contributed by atoms with Crippen LogP contribution in [0.15, 0.2) is 36.0 Å². The van der Waals surface area contributed by atoms with Crippen LogP contribution in [-0.2, 0) is 0 Å². The SMILES string of the molecule is C/C=C\C=C/C1=CCCN(C)C1. The zero-order valence-electron chi connectivity index (χ0n) is 7.96. The normalized spacial score (nSPS) is 20.7. The Bertz CT molecular complexity index is 211. The van der Waals surface area contributed by atoms with Gasteiger partial charge in [0, 0.05) is 13.1 Å². The van der Waals surface area contributed by atoms with E-state index in [1.807, 2.05) is 13.0 Å². The first-order valence-corrected chi connectivity index (χ1v) is 4.50. The van der Waals surface area contributed by atoms with Crippen molar-refractivity contribution < 1.29 is 0 Å². The molecule has 0 unspecified atom stereocenters. The lowest BCUT2D eigenvalue weighted by Gasteiger charge is -2.20. The van der Waals surface area contributed by atoms with Gasteiger partial charge in [-0.25, -0.2) is 0 Å². The van der Waals surface area contributed by atoms with Gasteiger partial charge in [-0.2, -0.15) is 0 Å². The fourth-order valence-electron chi connectivity index (χ4n) is 1.34. The molecule has 0 aromatic rings. The van der Waals surface area contributed by atoms with Crippen molar-refractivity contribution in [2.45, 2.75) is 13.3 Å². The fourth-order valence-corrected chi connectivity index (χ4v) is 1.34. The van der Waals surface area contributed by atoms with Crippen LogP contribution in [0.1, 0.15) is 13.3 Å². The standard InChI is InChI=1S/C11H17N/c1-3-4-5-7-11-8-6-9-12(2)10-11/h3-5,7-8H,6,9-10H2,1-2H3/b4-3-,7-5-. The summed E-state index contributed by atoms with van der Waals surface area (Å²) >= 11 is 0. The van der Waals surface area contributed by atoms with E-state index in [0.29, 0.717) is 0 Å². The fraction of sp³-hybridized carbons (Fsp3) is 0.455. The molecular weight excluding hydrogens is 146 g/mol. The van der Waals surface area contributed by atoms with Gasteiger partial charge in [0.1, 0.15) is 0 Å². The predicted molar refractivity (Wildman–Crippen MR) is 54.2 cm³/mol. The Hall–Kier alpha value is -0.820. The summed E-state index contributed by atoms with van der Waals surface area (Å²) in [6, 6.07) is 0. The third-order valence-corrected chi connectivity index (χ3v) is 1.98. The average molecular weight is 163 g/mol. The second-order valence-electron chi connectivity index (χ2n) is 3.19. The predicted octanol–water partition coefficient (Wildman–Crippen LogP) is 2.38. The summed E-state index contributed by atoms with van der Waals surface area (Å²) in [6.45, 7) is 4.32. The average Bonchev–Trinajstić information content (AvgIpc) is 2.05. The van der Waals surface area contributed by atoms with Crippen molar-refractivity contribution in [2.75, 3.05) is 20.1 Å². The molecule has 0 fully saturated rings. The maximum absolute atomic E-state index is 2.34. The minimum absolute atomic E-state index is 1.09. The van der Waals surface area contributed by atoms with E-state index in [0.717, 1.165) is 6.54 Å². The van der Waals surface area contributed by atoms with Crippen molar-refractivity contribution >= 4 is 0 Å². The molecule has 1 aliphatic rings. The van der Waals surface area contributed by atoms with Gasteiger partial charge in [0.2, 0.25) is 0 Å². The third-order valence-electron chi connectivity index (χ3n) is 1.98. The zero-order chi connectivity index (χ0) is 8.81. The summed E-state index contributed by atoms with van der Waals surface area (Å²) in [5.41, 5.74) is 1.43. The van der Waals surface area contributed by atoms with E-state index in [-0.39, 0.29) is 0 Å². The number of likely N-dealkylation sites (N-methyl/N-ethyl adjacent to an activating group) is 1. The third kappa shape index (κ3) is 3.05. The molecule has 12 heavy (non-hydrogen) atoms. The molecule has 0 radical (unpaired) electrons. The van der Waals surface area contributed by atoms with E-state index >= 15 is 0 Å². The zero-order valence-corrected chi connectivity index (χ0v) is 7.96. The van der Waals surface area contributed by atoms with Crippen LogP contribution in [0, 0.1) is 0 Å². The molecule has 0 saturated carbocycles. The van der Waals surface area contributed by atoms with Crippen molar-refractivity contribution in [3.63, 3.8) is 0 Å². The van der Waals surface area contributed by atoms with Crippen LogP contribution in [0.3, 0.4) is 0 Å². The van der Waals surface area contributed by atoms with Crippen LogP contribution in [0.5, 0.6) is 0 Å². The Morgan fingerprint density at radius 3 is 2.92 bits per heavy atom. The number of hydrogen-bond acceptors (Lipinski definition) is 1. The van der Waals surface area contributed by atoms with Crippen LogP contribution >= 0.6 is 0 Å². The van der Waals surface area contributed by atoms with Gasteiger partial charge < -0.3 is 4.90 Å². The Labute approximate surface area is 75.1 Å². The van der Waals surface area contributed by atoms with Gasteiger partial charge >= 0.3 is 0 Å². The molecule has 0 amide bonds. The first-order chi connectivity index (χ1) is 5.83. The highest BCUT2D eigenvalue weighted by molar-refractivity contribution is 5.24. The molecule has 0 bridgehead atoms. The highest BCUT2D eigenvalue weighted by Crippen LogP contribution is 2.08. The summed E-state index contributed by atoms with van der Waals surface area (Å²) in [6.07, 6.45) is 11.9. The lowest BCUT2D eigenvalue weighted by atomic mass is 10.1. The summed E-state index contributed by atoms with van der Waals surface area (Å²) in [4.78, 5) is 2.34. The molecule has 1 heterocycles. The van der Waals surface area contributed by atoms with Crippen LogP contribution in [-0.4, -0.2) is 25.0 Å². The van der Waals surface area contributed by atoms with Gasteiger partial charge in [-0.15, -0.1) is 0 Å². The monoisotopic (exact) mass is 163 g/mol.